The predicted molar refractivity (Wildman–Crippen MR) is 157 cm³/mol. The summed E-state index contributed by atoms with van der Waals surface area (Å²) in [5.74, 6) is -2.82. The number of anilines is 1. The van der Waals surface area contributed by atoms with Crippen LogP contribution in [-0.4, -0.2) is 76.1 Å². The van der Waals surface area contributed by atoms with Crippen LogP contribution >= 0.6 is 11.6 Å². The SMILES string of the molecule is CNC(=O)[C@@H]1C[C@@H](O)C[N+]1(C)C1(c2ccccc2C)C(=O)N(S(=O)(=O)c2ccc(OC)cc2OC(F)(F)F)c2ccc(Cl)cc21. The van der Waals surface area contributed by atoms with E-state index < -0.39 is 61.0 Å². The summed E-state index contributed by atoms with van der Waals surface area (Å²) >= 11 is 6.47. The molecular formula is C30H30ClF3N3O7S+. The van der Waals surface area contributed by atoms with Crippen molar-refractivity contribution in [3.05, 3.63) is 82.4 Å². The molecule has 3 aromatic carbocycles. The fraction of sp³-hybridized carbons (Fsp3) is 0.333. The number of carbonyl (C=O) groups is 2. The van der Waals surface area contributed by atoms with E-state index >= 15 is 4.79 Å². The lowest BCUT2D eigenvalue weighted by Gasteiger charge is -2.49. The molecule has 0 saturated carbocycles. The summed E-state index contributed by atoms with van der Waals surface area (Å²) in [4.78, 5) is 27.6. The van der Waals surface area contributed by atoms with E-state index in [9.17, 15) is 31.5 Å². The molecule has 2 heterocycles. The number of hydrogen-bond acceptors (Lipinski definition) is 7. The van der Waals surface area contributed by atoms with Gasteiger partial charge >= 0.3 is 12.3 Å². The van der Waals surface area contributed by atoms with Crippen molar-refractivity contribution in [1.82, 2.24) is 5.32 Å². The van der Waals surface area contributed by atoms with E-state index in [1.807, 2.05) is 0 Å². The molecular weight excluding hydrogens is 639 g/mol. The van der Waals surface area contributed by atoms with Crippen LogP contribution in [-0.2, 0) is 25.2 Å². The third kappa shape index (κ3) is 5.00. The number of rotatable bonds is 7. The van der Waals surface area contributed by atoms with Gasteiger partial charge in [-0.05, 0) is 42.8 Å². The number of aliphatic hydroxyl groups excluding tert-OH is 1. The number of sulfonamides is 1. The maximum atomic E-state index is 15.2. The van der Waals surface area contributed by atoms with Gasteiger partial charge in [-0.1, -0.05) is 35.9 Å². The number of quaternary nitrogens is 1. The molecule has 2 aliphatic heterocycles. The van der Waals surface area contributed by atoms with Gasteiger partial charge in [0, 0.05) is 30.1 Å². The predicted octanol–water partition coefficient (Wildman–Crippen LogP) is 3.86. The largest absolute Gasteiger partial charge is 0.573 e. The van der Waals surface area contributed by atoms with Gasteiger partial charge in [0.05, 0.1) is 25.4 Å². The maximum absolute atomic E-state index is 15.2. The second-order valence-electron chi connectivity index (χ2n) is 11.1. The standard InChI is InChI=1S/C30H29ClF3N3O7S/c1-17-7-5-6-8-21(17)29(37(3)16-19(38)14-24(37)27(39)35-2)22-13-18(31)9-11-23(22)36(28(29)40)45(41,42)26-12-10-20(43-4)15-25(26)44-30(32,33)34/h5-13,15,19,24,38H,14,16H2,1-4H3/p+1/t19-,24+,29?,37?/m1/s1. The van der Waals surface area contributed by atoms with Crippen molar-refractivity contribution >= 4 is 39.1 Å². The zero-order chi connectivity index (χ0) is 33.1. The minimum atomic E-state index is -5.28. The van der Waals surface area contributed by atoms with Crippen LogP contribution in [0.5, 0.6) is 11.5 Å². The summed E-state index contributed by atoms with van der Waals surface area (Å²) in [5, 5.41) is 13.7. The summed E-state index contributed by atoms with van der Waals surface area (Å²) in [6, 6.07) is 12.4. The first-order valence-electron chi connectivity index (χ1n) is 13.7. The summed E-state index contributed by atoms with van der Waals surface area (Å²) in [6.45, 7) is 1.56. The molecule has 45 heavy (non-hydrogen) atoms. The molecule has 2 N–H and O–H groups in total. The molecule has 5 rings (SSSR count). The fourth-order valence-electron chi connectivity index (χ4n) is 6.76. The number of halogens is 4. The van der Waals surface area contributed by atoms with Crippen molar-refractivity contribution < 1.29 is 50.2 Å². The van der Waals surface area contributed by atoms with Crippen molar-refractivity contribution in [3.8, 4) is 11.5 Å². The number of fused-ring (bicyclic) bond motifs is 1. The van der Waals surface area contributed by atoms with E-state index in [0.717, 1.165) is 18.2 Å². The number of amides is 2. The van der Waals surface area contributed by atoms with E-state index in [2.05, 4.69) is 10.1 Å². The molecule has 2 aliphatic rings. The number of aryl methyl sites for hydroxylation is 1. The second-order valence-corrected chi connectivity index (χ2v) is 13.3. The zero-order valence-corrected chi connectivity index (χ0v) is 26.1. The van der Waals surface area contributed by atoms with E-state index in [4.69, 9.17) is 16.3 Å². The summed E-state index contributed by atoms with van der Waals surface area (Å²) < 4.78 is 78.5. The Bertz CT molecular complexity index is 1810. The first kappa shape index (κ1) is 32.5. The minimum absolute atomic E-state index is 0.0538. The van der Waals surface area contributed by atoms with Gasteiger partial charge in [-0.25, -0.2) is 8.42 Å². The third-order valence-corrected chi connectivity index (χ3v) is 10.6. The van der Waals surface area contributed by atoms with E-state index in [1.54, 1.807) is 38.2 Å². The van der Waals surface area contributed by atoms with Gasteiger partial charge in [0.25, 0.3) is 15.9 Å². The smallest absolute Gasteiger partial charge is 0.497 e. The molecule has 15 heteroatoms. The first-order chi connectivity index (χ1) is 21.0. The van der Waals surface area contributed by atoms with Gasteiger partial charge in [0.15, 0.2) is 11.8 Å². The Morgan fingerprint density at radius 3 is 2.44 bits per heavy atom. The topological polar surface area (TPSA) is 122 Å². The van der Waals surface area contributed by atoms with Crippen LogP contribution in [0.25, 0.3) is 0 Å². The number of likely N-dealkylation sites (tertiary alicyclic amines) is 1. The van der Waals surface area contributed by atoms with Gasteiger partial charge in [-0.15, -0.1) is 13.2 Å². The molecule has 0 bridgehead atoms. The normalized spacial score (nSPS) is 24.8. The van der Waals surface area contributed by atoms with Gasteiger partial charge in [0.1, 0.15) is 23.3 Å². The van der Waals surface area contributed by atoms with E-state index in [1.165, 1.54) is 32.4 Å². The molecule has 1 fully saturated rings. The average Bonchev–Trinajstić information content (AvgIpc) is 3.42. The van der Waals surface area contributed by atoms with Crippen LogP contribution in [0.3, 0.4) is 0 Å². The van der Waals surface area contributed by atoms with Crippen LogP contribution in [0.1, 0.15) is 23.1 Å². The van der Waals surface area contributed by atoms with Gasteiger partial charge < -0.3 is 19.9 Å². The highest BCUT2D eigenvalue weighted by Crippen LogP contribution is 2.57. The van der Waals surface area contributed by atoms with Crippen molar-refractivity contribution in [3.63, 3.8) is 0 Å². The van der Waals surface area contributed by atoms with Crippen LogP contribution in [0.2, 0.25) is 5.02 Å². The molecule has 0 aliphatic carbocycles. The Balaban J connectivity index is 1.87. The number of benzene rings is 3. The quantitative estimate of drug-likeness (QED) is 0.367. The maximum Gasteiger partial charge on any atom is 0.573 e. The number of methoxy groups -OCH3 is 1. The first-order valence-corrected chi connectivity index (χ1v) is 15.5. The molecule has 240 valence electrons. The molecule has 2 amide bonds. The highest BCUT2D eigenvalue weighted by molar-refractivity contribution is 7.93. The zero-order valence-electron chi connectivity index (χ0n) is 24.6. The molecule has 2 unspecified atom stereocenters. The van der Waals surface area contributed by atoms with Gasteiger partial charge in [-0.3, -0.25) is 14.1 Å². The van der Waals surface area contributed by atoms with Crippen molar-refractivity contribution in [1.29, 1.82) is 0 Å². The Morgan fingerprint density at radius 1 is 1.13 bits per heavy atom. The average molecular weight is 669 g/mol. The highest BCUT2D eigenvalue weighted by atomic mass is 35.5. The van der Waals surface area contributed by atoms with Crippen molar-refractivity contribution in [2.45, 2.75) is 42.3 Å². The number of nitrogens with one attached hydrogen (secondary N) is 1. The molecule has 0 radical (unpaired) electrons. The molecule has 3 aromatic rings. The molecule has 10 nitrogen and oxygen atoms in total. The number of hydrogen-bond donors (Lipinski definition) is 2. The number of nitrogens with zero attached hydrogens (tertiary/aromatic N) is 2. The monoisotopic (exact) mass is 668 g/mol. The Morgan fingerprint density at radius 2 is 1.82 bits per heavy atom. The lowest BCUT2D eigenvalue weighted by molar-refractivity contribution is -0.953. The summed E-state index contributed by atoms with van der Waals surface area (Å²) in [6.07, 6.45) is -6.40. The number of carbonyl (C=O) groups excluding carboxylic acids is 2. The lowest BCUT2D eigenvalue weighted by atomic mass is 9.77. The summed E-state index contributed by atoms with van der Waals surface area (Å²) in [5.41, 5.74) is -1.22. The van der Waals surface area contributed by atoms with Crippen LogP contribution in [0.4, 0.5) is 18.9 Å². The van der Waals surface area contributed by atoms with Crippen LogP contribution in [0, 0.1) is 6.92 Å². The van der Waals surface area contributed by atoms with E-state index in [-0.39, 0.29) is 35.0 Å². The lowest BCUT2D eigenvalue weighted by Crippen LogP contribution is -2.69. The second kappa shape index (κ2) is 11.2. The minimum Gasteiger partial charge on any atom is -0.497 e. The number of aliphatic hydroxyl groups is 1. The van der Waals surface area contributed by atoms with E-state index in [0.29, 0.717) is 15.4 Å². The Labute approximate surface area is 262 Å². The van der Waals surface area contributed by atoms with Crippen LogP contribution < -0.4 is 19.1 Å². The highest BCUT2D eigenvalue weighted by Gasteiger charge is 2.71. The number of ether oxygens (including phenoxy) is 2. The third-order valence-electron chi connectivity index (χ3n) is 8.58. The molecule has 0 spiro atoms. The molecule has 4 atom stereocenters. The fourth-order valence-corrected chi connectivity index (χ4v) is 8.49. The molecule has 1 saturated heterocycles. The van der Waals surface area contributed by atoms with Gasteiger partial charge in [0.2, 0.25) is 5.54 Å². The number of alkyl halides is 3. The van der Waals surface area contributed by atoms with Crippen molar-refractivity contribution in [2.24, 2.45) is 0 Å². The Hall–Kier alpha value is -3.85. The van der Waals surface area contributed by atoms with Crippen molar-refractivity contribution in [2.75, 3.05) is 32.1 Å². The summed E-state index contributed by atoms with van der Waals surface area (Å²) in [7, 11) is -1.000. The van der Waals surface area contributed by atoms with Gasteiger partial charge in [-0.2, -0.15) is 4.31 Å². The number of likely N-dealkylation sites (N-methyl/N-ethyl adjacent to an activating group) is 2. The Kier molecular flexibility index (Phi) is 8.09. The molecule has 0 aromatic heterocycles. The van der Waals surface area contributed by atoms with Crippen LogP contribution in [0.15, 0.2) is 65.6 Å².